The van der Waals surface area contributed by atoms with Gasteiger partial charge in [-0.3, -0.25) is 0 Å². The monoisotopic (exact) mass is 521 g/mol. The number of nitrogens with one attached hydrogen (secondary N) is 2. The third-order valence-electron chi connectivity index (χ3n) is 3.95. The number of sulfone groups is 1. The van der Waals surface area contributed by atoms with Crippen LogP contribution in [0.3, 0.4) is 0 Å². The lowest BCUT2D eigenvalue weighted by molar-refractivity contribution is -0.138. The van der Waals surface area contributed by atoms with Gasteiger partial charge < -0.3 is 15.4 Å². The van der Waals surface area contributed by atoms with Crippen molar-refractivity contribution in [1.82, 2.24) is 10.6 Å². The first-order chi connectivity index (χ1) is 12.1. The molecule has 1 unspecified atom stereocenters. The highest BCUT2D eigenvalue weighted by Crippen LogP contribution is 2.34. The van der Waals surface area contributed by atoms with Crippen molar-refractivity contribution in [2.45, 2.75) is 32.1 Å². The van der Waals surface area contributed by atoms with Gasteiger partial charge in [-0.2, -0.15) is 13.2 Å². The molecule has 1 aliphatic heterocycles. The molecular weight excluding hydrogens is 498 g/mol. The summed E-state index contributed by atoms with van der Waals surface area (Å²) in [5.74, 6) is 0.499. The van der Waals surface area contributed by atoms with Gasteiger partial charge in [0, 0.05) is 12.6 Å². The van der Waals surface area contributed by atoms with E-state index in [1.54, 1.807) is 0 Å². The predicted octanol–water partition coefficient (Wildman–Crippen LogP) is 2.57. The van der Waals surface area contributed by atoms with E-state index >= 15 is 0 Å². The molecule has 1 heterocycles. The SMILES string of the molecule is CCNC(=NCc1ccc(OC)cc1C(F)(F)F)NC1CCS(=O)(=O)C1.I. The Kier molecular flexibility index (Phi) is 8.64. The third-order valence-corrected chi connectivity index (χ3v) is 5.72. The van der Waals surface area contributed by atoms with Crippen LogP contribution in [-0.2, 0) is 22.6 Å². The molecule has 0 amide bonds. The van der Waals surface area contributed by atoms with Gasteiger partial charge in [0.15, 0.2) is 15.8 Å². The Morgan fingerprint density at radius 1 is 1.37 bits per heavy atom. The third kappa shape index (κ3) is 7.01. The van der Waals surface area contributed by atoms with Gasteiger partial charge in [0.1, 0.15) is 5.75 Å². The van der Waals surface area contributed by atoms with Crippen molar-refractivity contribution in [3.63, 3.8) is 0 Å². The molecule has 1 saturated heterocycles. The molecule has 0 saturated carbocycles. The van der Waals surface area contributed by atoms with E-state index in [1.165, 1.54) is 19.2 Å². The first-order valence-electron chi connectivity index (χ1n) is 8.14. The summed E-state index contributed by atoms with van der Waals surface area (Å²) in [4.78, 5) is 4.18. The zero-order chi connectivity index (χ0) is 19.4. The lowest BCUT2D eigenvalue weighted by Crippen LogP contribution is -2.44. The number of hydrogen-bond acceptors (Lipinski definition) is 4. The topological polar surface area (TPSA) is 79.8 Å². The number of nitrogens with zero attached hydrogens (tertiary/aromatic N) is 1. The standard InChI is InChI=1S/C16H22F3N3O3S.HI/c1-3-20-15(22-12-6-7-26(23,24)10-12)21-9-11-4-5-13(25-2)8-14(11)16(17,18)19;/h4-5,8,12H,3,6-7,9-10H2,1-2H3,(H2,20,21,22);1H. The highest BCUT2D eigenvalue weighted by molar-refractivity contribution is 14.0. The lowest BCUT2D eigenvalue weighted by atomic mass is 10.1. The average Bonchev–Trinajstić information content (AvgIpc) is 2.90. The fraction of sp³-hybridized carbons (Fsp3) is 0.562. The number of alkyl halides is 3. The number of hydrogen-bond donors (Lipinski definition) is 2. The predicted molar refractivity (Wildman–Crippen MR) is 108 cm³/mol. The minimum absolute atomic E-state index is 0. The van der Waals surface area contributed by atoms with Crippen LogP contribution < -0.4 is 15.4 Å². The molecule has 1 atom stereocenters. The number of ether oxygens (including phenoxy) is 1. The van der Waals surface area contributed by atoms with Crippen LogP contribution in [0.15, 0.2) is 23.2 Å². The average molecular weight is 521 g/mol. The van der Waals surface area contributed by atoms with Crippen LogP contribution in [0, 0.1) is 0 Å². The van der Waals surface area contributed by atoms with Crippen LogP contribution in [0.4, 0.5) is 13.2 Å². The van der Waals surface area contributed by atoms with Gasteiger partial charge in [0.2, 0.25) is 0 Å². The molecule has 1 aliphatic rings. The second-order valence-corrected chi connectivity index (χ2v) is 8.19. The van der Waals surface area contributed by atoms with E-state index in [4.69, 9.17) is 4.74 Å². The number of halogens is 4. The zero-order valence-corrected chi connectivity index (χ0v) is 18.1. The highest BCUT2D eigenvalue weighted by Gasteiger charge is 2.34. The van der Waals surface area contributed by atoms with Gasteiger partial charge in [-0.15, -0.1) is 24.0 Å². The van der Waals surface area contributed by atoms with Crippen LogP contribution in [0.2, 0.25) is 0 Å². The van der Waals surface area contributed by atoms with Crippen molar-refractivity contribution in [2.75, 3.05) is 25.2 Å². The summed E-state index contributed by atoms with van der Waals surface area (Å²) in [6.45, 7) is 2.12. The summed E-state index contributed by atoms with van der Waals surface area (Å²) in [6, 6.07) is 3.42. The van der Waals surface area contributed by atoms with Crippen molar-refractivity contribution in [3.05, 3.63) is 29.3 Å². The molecule has 154 valence electrons. The largest absolute Gasteiger partial charge is 0.497 e. The van der Waals surface area contributed by atoms with Crippen LogP contribution >= 0.6 is 24.0 Å². The van der Waals surface area contributed by atoms with E-state index in [-0.39, 0.29) is 59.4 Å². The van der Waals surface area contributed by atoms with E-state index in [9.17, 15) is 21.6 Å². The summed E-state index contributed by atoms with van der Waals surface area (Å²) in [7, 11) is -1.76. The van der Waals surface area contributed by atoms with Gasteiger partial charge in [-0.1, -0.05) is 6.07 Å². The summed E-state index contributed by atoms with van der Waals surface area (Å²) in [5, 5.41) is 5.90. The van der Waals surface area contributed by atoms with E-state index < -0.39 is 21.6 Å². The highest BCUT2D eigenvalue weighted by atomic mass is 127. The number of guanidine groups is 1. The first kappa shape index (κ1) is 23.8. The van der Waals surface area contributed by atoms with Gasteiger partial charge in [0.25, 0.3) is 0 Å². The molecule has 27 heavy (non-hydrogen) atoms. The normalized spacial score (nSPS) is 19.3. The molecule has 2 rings (SSSR count). The Morgan fingerprint density at radius 2 is 2.07 bits per heavy atom. The molecule has 0 bridgehead atoms. The maximum atomic E-state index is 13.2. The Balaban J connectivity index is 0.00000364. The lowest BCUT2D eigenvalue weighted by Gasteiger charge is -2.17. The molecule has 1 fully saturated rings. The molecule has 0 aromatic heterocycles. The molecule has 6 nitrogen and oxygen atoms in total. The van der Waals surface area contributed by atoms with Crippen LogP contribution in [0.1, 0.15) is 24.5 Å². The molecule has 0 radical (unpaired) electrons. The van der Waals surface area contributed by atoms with E-state index in [0.717, 1.165) is 6.07 Å². The smallest absolute Gasteiger partial charge is 0.416 e. The first-order valence-corrected chi connectivity index (χ1v) is 9.96. The number of aliphatic imine (C=N–C) groups is 1. The van der Waals surface area contributed by atoms with E-state index in [1.807, 2.05) is 6.92 Å². The summed E-state index contributed by atoms with van der Waals surface area (Å²) in [6.07, 6.45) is -4.08. The molecule has 11 heteroatoms. The summed E-state index contributed by atoms with van der Waals surface area (Å²) >= 11 is 0. The number of methoxy groups -OCH3 is 1. The quantitative estimate of drug-likeness (QED) is 0.354. The molecule has 1 aromatic rings. The summed E-state index contributed by atoms with van der Waals surface area (Å²) < 4.78 is 67.7. The van der Waals surface area contributed by atoms with Crippen LogP contribution in [0.25, 0.3) is 0 Å². The minimum atomic E-state index is -4.52. The van der Waals surface area contributed by atoms with Crippen LogP contribution in [0.5, 0.6) is 5.75 Å². The van der Waals surface area contributed by atoms with Gasteiger partial charge in [0.05, 0.1) is 30.7 Å². The Labute approximate surface area is 173 Å². The van der Waals surface area contributed by atoms with Crippen molar-refractivity contribution in [3.8, 4) is 5.75 Å². The fourth-order valence-electron chi connectivity index (χ4n) is 2.67. The molecule has 1 aromatic carbocycles. The van der Waals surface area contributed by atoms with Gasteiger partial charge in [-0.25, -0.2) is 13.4 Å². The van der Waals surface area contributed by atoms with Gasteiger partial charge in [-0.05, 0) is 31.0 Å². The fourth-order valence-corrected chi connectivity index (χ4v) is 4.34. The second kappa shape index (κ2) is 9.80. The Morgan fingerprint density at radius 3 is 2.59 bits per heavy atom. The van der Waals surface area contributed by atoms with Crippen LogP contribution in [-0.4, -0.2) is 45.6 Å². The van der Waals surface area contributed by atoms with Crippen molar-refractivity contribution in [1.29, 1.82) is 0 Å². The second-order valence-electron chi connectivity index (χ2n) is 5.96. The maximum absolute atomic E-state index is 13.2. The Bertz CT molecular complexity index is 770. The van der Waals surface area contributed by atoms with Crippen molar-refractivity contribution >= 4 is 39.8 Å². The maximum Gasteiger partial charge on any atom is 0.416 e. The molecular formula is C16H23F3IN3O3S. The zero-order valence-electron chi connectivity index (χ0n) is 15.0. The van der Waals surface area contributed by atoms with E-state index in [2.05, 4.69) is 15.6 Å². The molecule has 0 spiro atoms. The summed E-state index contributed by atoms with van der Waals surface area (Å²) in [5.41, 5.74) is -0.797. The van der Waals surface area contributed by atoms with E-state index in [0.29, 0.717) is 18.9 Å². The number of rotatable bonds is 5. The minimum Gasteiger partial charge on any atom is -0.497 e. The molecule has 2 N–H and O–H groups in total. The van der Waals surface area contributed by atoms with Crippen molar-refractivity contribution < 1.29 is 26.3 Å². The number of benzene rings is 1. The van der Waals surface area contributed by atoms with Crippen molar-refractivity contribution in [2.24, 2.45) is 4.99 Å². The van der Waals surface area contributed by atoms with Gasteiger partial charge >= 0.3 is 6.18 Å². The Hall–Kier alpha value is -1.24. The molecule has 0 aliphatic carbocycles.